The maximum Gasteiger partial charge on any atom is 0.313 e. The molecule has 0 saturated heterocycles. The quantitative estimate of drug-likeness (QED) is 0.637. The molecule has 0 bridgehead atoms. The third kappa shape index (κ3) is 2.86. The van der Waals surface area contributed by atoms with Gasteiger partial charge < -0.3 is 14.6 Å². The van der Waals surface area contributed by atoms with E-state index in [0.29, 0.717) is 0 Å². The van der Waals surface area contributed by atoms with E-state index in [1.54, 1.807) is 0 Å². The van der Waals surface area contributed by atoms with Crippen molar-refractivity contribution in [2.24, 2.45) is 0 Å². The molecule has 2 aromatic carbocycles. The van der Waals surface area contributed by atoms with Crippen molar-refractivity contribution < 1.29 is 19.6 Å². The lowest BCUT2D eigenvalue weighted by molar-refractivity contribution is -0.385. The number of halogens is 1. The predicted molar refractivity (Wildman–Crippen MR) is 69.0 cm³/mol. The normalized spacial score (nSPS) is 10.1. The molecule has 0 aliphatic heterocycles. The molecule has 6 nitrogen and oxygen atoms in total. The lowest BCUT2D eigenvalue weighted by Gasteiger charge is -2.09. The lowest BCUT2D eigenvalue weighted by atomic mass is 10.2. The number of aromatic carboxylic acids is 1. The fraction of sp³-hybridized carbons (Fsp3) is 0. The summed E-state index contributed by atoms with van der Waals surface area (Å²) in [4.78, 5) is 21.0. The number of carboxylic acid groups (broad SMARTS) is 1. The van der Waals surface area contributed by atoms with Crippen molar-refractivity contribution >= 4 is 23.3 Å². The Labute approximate surface area is 118 Å². The molecule has 0 aromatic heterocycles. The summed E-state index contributed by atoms with van der Waals surface area (Å²) in [7, 11) is 0. The first-order valence-corrected chi connectivity index (χ1v) is 5.79. The SMILES string of the molecule is O=C([O-])c1cccc(Oc2c(Cl)cccc2[N+](=O)[O-])c1. The molecule has 7 heteroatoms. The smallest absolute Gasteiger partial charge is 0.313 e. The van der Waals surface area contributed by atoms with E-state index in [0.717, 1.165) is 0 Å². The van der Waals surface area contributed by atoms with E-state index in [2.05, 4.69) is 0 Å². The van der Waals surface area contributed by atoms with Crippen LogP contribution in [-0.2, 0) is 0 Å². The summed E-state index contributed by atoms with van der Waals surface area (Å²) in [6.07, 6.45) is 0. The van der Waals surface area contributed by atoms with Crippen molar-refractivity contribution in [3.05, 3.63) is 63.2 Å². The van der Waals surface area contributed by atoms with Gasteiger partial charge in [0.2, 0.25) is 5.75 Å². The number of ether oxygens (including phenoxy) is 1. The van der Waals surface area contributed by atoms with Gasteiger partial charge in [0.25, 0.3) is 0 Å². The largest absolute Gasteiger partial charge is 0.545 e. The number of rotatable bonds is 4. The minimum Gasteiger partial charge on any atom is -0.545 e. The highest BCUT2D eigenvalue weighted by Gasteiger charge is 2.19. The molecule has 0 saturated carbocycles. The van der Waals surface area contributed by atoms with Gasteiger partial charge in [-0.05, 0) is 18.2 Å². The summed E-state index contributed by atoms with van der Waals surface area (Å²) < 4.78 is 5.33. The molecular weight excluding hydrogens is 286 g/mol. The van der Waals surface area contributed by atoms with Crippen LogP contribution in [0.2, 0.25) is 5.02 Å². The van der Waals surface area contributed by atoms with Crippen molar-refractivity contribution in [2.45, 2.75) is 0 Å². The summed E-state index contributed by atoms with van der Waals surface area (Å²) in [5, 5.41) is 21.7. The molecule has 0 amide bonds. The summed E-state index contributed by atoms with van der Waals surface area (Å²) in [6.45, 7) is 0. The molecule has 0 fully saturated rings. The number of para-hydroxylation sites is 1. The van der Waals surface area contributed by atoms with Crippen LogP contribution in [0.4, 0.5) is 5.69 Å². The summed E-state index contributed by atoms with van der Waals surface area (Å²) in [6, 6.07) is 9.51. The van der Waals surface area contributed by atoms with E-state index < -0.39 is 10.9 Å². The molecule has 0 N–H and O–H groups in total. The van der Waals surface area contributed by atoms with Crippen LogP contribution < -0.4 is 9.84 Å². The number of benzene rings is 2. The van der Waals surface area contributed by atoms with Gasteiger partial charge in [-0.15, -0.1) is 0 Å². The van der Waals surface area contributed by atoms with Gasteiger partial charge >= 0.3 is 5.69 Å². The van der Waals surface area contributed by atoms with Gasteiger partial charge in [0.05, 0.1) is 15.9 Å². The molecule has 2 rings (SSSR count). The Hall–Kier alpha value is -2.60. The van der Waals surface area contributed by atoms with Crippen LogP contribution in [0.5, 0.6) is 11.5 Å². The second-order valence-electron chi connectivity index (χ2n) is 3.76. The van der Waals surface area contributed by atoms with Crippen molar-refractivity contribution in [3.8, 4) is 11.5 Å². The van der Waals surface area contributed by atoms with E-state index in [-0.39, 0.29) is 27.8 Å². The first-order valence-electron chi connectivity index (χ1n) is 5.41. The molecule has 102 valence electrons. The highest BCUT2D eigenvalue weighted by molar-refractivity contribution is 6.32. The molecule has 0 aliphatic rings. The summed E-state index contributed by atoms with van der Waals surface area (Å²) in [5.74, 6) is -1.40. The Bertz CT molecular complexity index is 686. The number of hydrogen-bond donors (Lipinski definition) is 0. The first-order chi connectivity index (χ1) is 9.49. The standard InChI is InChI=1S/C13H8ClNO5/c14-10-5-2-6-11(15(18)19)12(10)20-9-4-1-3-8(7-9)13(16)17/h1-7H,(H,16,17)/p-1. The average molecular weight is 293 g/mol. The Balaban J connectivity index is 2.42. The van der Waals surface area contributed by atoms with E-state index in [4.69, 9.17) is 16.3 Å². The number of nitro groups is 1. The van der Waals surface area contributed by atoms with E-state index in [1.807, 2.05) is 0 Å². The third-order valence-corrected chi connectivity index (χ3v) is 2.73. The number of carboxylic acids is 1. The zero-order chi connectivity index (χ0) is 14.7. The van der Waals surface area contributed by atoms with Gasteiger partial charge in [-0.3, -0.25) is 10.1 Å². The Kier molecular flexibility index (Phi) is 3.86. The molecule has 20 heavy (non-hydrogen) atoms. The third-order valence-electron chi connectivity index (χ3n) is 2.43. The molecule has 0 radical (unpaired) electrons. The van der Waals surface area contributed by atoms with E-state index in [1.165, 1.54) is 42.5 Å². The first kappa shape index (κ1) is 13.8. The molecule has 0 atom stereocenters. The van der Waals surface area contributed by atoms with Crippen molar-refractivity contribution in [1.82, 2.24) is 0 Å². The molecule has 0 spiro atoms. The Morgan fingerprint density at radius 1 is 1.20 bits per heavy atom. The van der Waals surface area contributed by atoms with Gasteiger partial charge in [0.1, 0.15) is 5.75 Å². The van der Waals surface area contributed by atoms with Crippen LogP contribution in [0.1, 0.15) is 10.4 Å². The van der Waals surface area contributed by atoms with Crippen LogP contribution in [0, 0.1) is 10.1 Å². The number of nitro benzene ring substituents is 1. The second-order valence-corrected chi connectivity index (χ2v) is 4.17. The van der Waals surface area contributed by atoms with Gasteiger partial charge in [0, 0.05) is 11.6 Å². The fourth-order valence-corrected chi connectivity index (χ4v) is 1.75. The van der Waals surface area contributed by atoms with Crippen molar-refractivity contribution in [1.29, 1.82) is 0 Å². The number of nitrogens with zero attached hydrogens (tertiary/aromatic N) is 1. The van der Waals surface area contributed by atoms with Gasteiger partial charge in [-0.25, -0.2) is 0 Å². The summed E-state index contributed by atoms with van der Waals surface area (Å²) in [5.41, 5.74) is -0.409. The second kappa shape index (κ2) is 5.58. The number of carbonyl (C=O) groups excluding carboxylic acids is 1. The Morgan fingerprint density at radius 3 is 2.55 bits per heavy atom. The minimum absolute atomic E-state index is 0.0538. The van der Waals surface area contributed by atoms with Crippen LogP contribution >= 0.6 is 11.6 Å². The minimum atomic E-state index is -1.37. The predicted octanol–water partition coefficient (Wildman–Crippen LogP) is 2.40. The monoisotopic (exact) mass is 292 g/mol. The van der Waals surface area contributed by atoms with Crippen LogP contribution in [-0.4, -0.2) is 10.9 Å². The van der Waals surface area contributed by atoms with Crippen LogP contribution in [0.15, 0.2) is 42.5 Å². The maximum atomic E-state index is 10.9. The van der Waals surface area contributed by atoms with Crippen molar-refractivity contribution in [2.75, 3.05) is 0 Å². The highest BCUT2D eigenvalue weighted by Crippen LogP contribution is 2.37. The average Bonchev–Trinajstić information content (AvgIpc) is 2.41. The molecule has 0 heterocycles. The highest BCUT2D eigenvalue weighted by atomic mass is 35.5. The zero-order valence-corrected chi connectivity index (χ0v) is 10.7. The lowest BCUT2D eigenvalue weighted by Crippen LogP contribution is -2.21. The number of hydrogen-bond acceptors (Lipinski definition) is 5. The van der Waals surface area contributed by atoms with Crippen molar-refractivity contribution in [3.63, 3.8) is 0 Å². The Morgan fingerprint density at radius 2 is 1.90 bits per heavy atom. The van der Waals surface area contributed by atoms with E-state index in [9.17, 15) is 20.0 Å². The van der Waals surface area contributed by atoms with Crippen LogP contribution in [0.3, 0.4) is 0 Å². The maximum absolute atomic E-state index is 10.9. The van der Waals surface area contributed by atoms with Gasteiger partial charge in [-0.1, -0.05) is 29.8 Å². The zero-order valence-electron chi connectivity index (χ0n) is 9.91. The molecular formula is C13H7ClNO5-. The summed E-state index contributed by atoms with van der Waals surface area (Å²) >= 11 is 5.87. The fourth-order valence-electron chi connectivity index (χ4n) is 1.55. The van der Waals surface area contributed by atoms with Gasteiger partial charge in [-0.2, -0.15) is 0 Å². The number of carbonyl (C=O) groups is 1. The molecule has 0 unspecified atom stereocenters. The van der Waals surface area contributed by atoms with Gasteiger partial charge in [0.15, 0.2) is 0 Å². The molecule has 0 aliphatic carbocycles. The topological polar surface area (TPSA) is 92.5 Å². The molecule has 2 aromatic rings. The van der Waals surface area contributed by atoms with E-state index >= 15 is 0 Å². The van der Waals surface area contributed by atoms with Crippen LogP contribution in [0.25, 0.3) is 0 Å².